The maximum absolute atomic E-state index is 13.1. The summed E-state index contributed by atoms with van der Waals surface area (Å²) in [5.41, 5.74) is 5.27. The van der Waals surface area contributed by atoms with Crippen molar-refractivity contribution in [2.75, 3.05) is 14.2 Å². The molecule has 0 aliphatic heterocycles. The van der Waals surface area contributed by atoms with Crippen molar-refractivity contribution < 1.29 is 38.9 Å². The lowest BCUT2D eigenvalue weighted by atomic mass is 10.0. The maximum Gasteiger partial charge on any atom is 0.405 e. The lowest BCUT2D eigenvalue weighted by Gasteiger charge is -2.26. The van der Waals surface area contributed by atoms with Crippen LogP contribution in [0.2, 0.25) is 0 Å². The summed E-state index contributed by atoms with van der Waals surface area (Å²) in [4.78, 5) is 64.5. The Balaban J connectivity index is 1.45. The molecule has 4 rings (SSSR count). The molecule has 0 aliphatic carbocycles. The van der Waals surface area contributed by atoms with Crippen LogP contribution in [-0.2, 0) is 19.1 Å². The second kappa shape index (κ2) is 18.3. The van der Waals surface area contributed by atoms with Gasteiger partial charge in [-0.2, -0.15) is 0 Å². The zero-order chi connectivity index (χ0) is 39.7. The van der Waals surface area contributed by atoms with Crippen molar-refractivity contribution in [3.05, 3.63) is 72.6 Å². The van der Waals surface area contributed by atoms with Gasteiger partial charge in [-0.3, -0.25) is 9.59 Å². The maximum atomic E-state index is 13.1. The van der Waals surface area contributed by atoms with Gasteiger partial charge in [0.25, 0.3) is 0 Å². The number of carbonyl (C=O) groups excluding carboxylic acids is 2. The summed E-state index contributed by atoms with van der Waals surface area (Å²) < 4.78 is 10.4. The van der Waals surface area contributed by atoms with Crippen LogP contribution in [0.3, 0.4) is 0 Å². The number of carbonyl (C=O) groups is 4. The molecule has 2 heterocycles. The van der Waals surface area contributed by atoms with Crippen LogP contribution in [0.1, 0.15) is 65.3 Å². The Hall–Kier alpha value is -5.74. The Morgan fingerprint density at radius 1 is 0.556 bits per heavy atom. The molecule has 0 saturated carbocycles. The Bertz CT molecular complexity index is 1740. The topological polar surface area (TPSA) is 233 Å². The molecule has 0 spiro atoms. The molecule has 6 atom stereocenters. The standard InChI is InChI=1S/C38H50N8O8/c1-19(2)29(43-35(47)31(21(5)53-7)45-37(49)50)33-39-17-27(41-33)25-13-9-23(10-14-25)24-11-15-26(16-12-24)28-18-40-34(42-28)30(20(3)4)44-36(48)32(22(6)54-8)46-38(51)52/h9-22,29-32,45-46H,1-8H3,(H,39,41)(H,40,42)(H,43,47)(H,44,48)(H,49,50)(H,51,52)/t21-,22-,29-,30-,31+,32+/m1/s1. The minimum absolute atomic E-state index is 0.0572. The first kappa shape index (κ1) is 41.0. The Labute approximate surface area is 313 Å². The van der Waals surface area contributed by atoms with E-state index in [0.717, 1.165) is 33.6 Å². The molecular weight excluding hydrogens is 696 g/mol. The van der Waals surface area contributed by atoms with E-state index < -0.39 is 60.4 Å². The summed E-state index contributed by atoms with van der Waals surface area (Å²) >= 11 is 0. The smallest absolute Gasteiger partial charge is 0.405 e. The highest BCUT2D eigenvalue weighted by Crippen LogP contribution is 2.29. The molecule has 0 fully saturated rings. The second-order valence-electron chi connectivity index (χ2n) is 13.7. The first-order valence-electron chi connectivity index (χ1n) is 17.6. The van der Waals surface area contributed by atoms with Gasteiger partial charge in [-0.25, -0.2) is 19.6 Å². The van der Waals surface area contributed by atoms with Gasteiger partial charge in [0.1, 0.15) is 23.7 Å². The molecule has 290 valence electrons. The van der Waals surface area contributed by atoms with Crippen molar-refractivity contribution in [3.63, 3.8) is 0 Å². The fourth-order valence-corrected chi connectivity index (χ4v) is 5.89. The van der Waals surface area contributed by atoms with Crippen molar-refractivity contribution >= 4 is 24.0 Å². The van der Waals surface area contributed by atoms with E-state index in [-0.39, 0.29) is 11.8 Å². The van der Waals surface area contributed by atoms with Gasteiger partial charge in [0.2, 0.25) is 11.8 Å². The lowest BCUT2D eigenvalue weighted by Crippen LogP contribution is -2.53. The number of benzene rings is 2. The molecule has 2 aromatic carbocycles. The number of aromatic amines is 2. The highest BCUT2D eigenvalue weighted by molar-refractivity contribution is 5.87. The molecule has 0 unspecified atom stereocenters. The molecule has 54 heavy (non-hydrogen) atoms. The molecule has 16 nitrogen and oxygen atoms in total. The van der Waals surface area contributed by atoms with Crippen LogP contribution in [0.4, 0.5) is 9.59 Å². The number of nitrogens with zero attached hydrogens (tertiary/aromatic N) is 2. The second-order valence-corrected chi connectivity index (χ2v) is 13.7. The van der Waals surface area contributed by atoms with E-state index in [0.29, 0.717) is 11.6 Å². The molecular formula is C38H50N8O8. The fourth-order valence-electron chi connectivity index (χ4n) is 5.89. The first-order valence-corrected chi connectivity index (χ1v) is 17.6. The first-order chi connectivity index (χ1) is 25.6. The average Bonchev–Trinajstić information content (AvgIpc) is 3.84. The van der Waals surface area contributed by atoms with E-state index in [1.807, 2.05) is 76.2 Å². The van der Waals surface area contributed by atoms with Gasteiger partial charge in [-0.1, -0.05) is 76.2 Å². The van der Waals surface area contributed by atoms with E-state index in [1.54, 1.807) is 26.2 Å². The minimum atomic E-state index is -1.33. The highest BCUT2D eigenvalue weighted by Gasteiger charge is 2.32. The summed E-state index contributed by atoms with van der Waals surface area (Å²) in [6.07, 6.45) is -0.625. The third-order valence-electron chi connectivity index (χ3n) is 9.24. The Morgan fingerprint density at radius 3 is 1.15 bits per heavy atom. The monoisotopic (exact) mass is 746 g/mol. The van der Waals surface area contributed by atoms with Crippen LogP contribution < -0.4 is 21.3 Å². The van der Waals surface area contributed by atoms with Crippen LogP contribution in [0.5, 0.6) is 0 Å². The molecule has 0 bridgehead atoms. The van der Waals surface area contributed by atoms with E-state index in [1.165, 1.54) is 14.2 Å². The number of amides is 4. The molecule has 4 amide bonds. The molecule has 0 saturated heterocycles. The highest BCUT2D eigenvalue weighted by atomic mass is 16.5. The molecule has 0 aliphatic rings. The average molecular weight is 747 g/mol. The predicted octanol–water partition coefficient (Wildman–Crippen LogP) is 5.10. The minimum Gasteiger partial charge on any atom is -0.465 e. The molecule has 8 N–H and O–H groups in total. The number of rotatable bonds is 17. The zero-order valence-electron chi connectivity index (χ0n) is 31.6. The van der Waals surface area contributed by atoms with Crippen LogP contribution in [-0.4, -0.2) is 92.7 Å². The number of methoxy groups -OCH3 is 2. The van der Waals surface area contributed by atoms with Gasteiger partial charge in [0.15, 0.2) is 0 Å². The van der Waals surface area contributed by atoms with E-state index in [2.05, 4.69) is 41.2 Å². The third-order valence-corrected chi connectivity index (χ3v) is 9.24. The van der Waals surface area contributed by atoms with E-state index in [9.17, 15) is 29.4 Å². The summed E-state index contributed by atoms with van der Waals surface area (Å²) in [5.74, 6) is -0.0771. The third kappa shape index (κ3) is 10.2. The summed E-state index contributed by atoms with van der Waals surface area (Å²) in [5, 5.41) is 28.7. The van der Waals surface area contributed by atoms with Crippen molar-refractivity contribution in [1.29, 1.82) is 0 Å². The Morgan fingerprint density at radius 2 is 0.870 bits per heavy atom. The number of ether oxygens (including phenoxy) is 2. The van der Waals surface area contributed by atoms with Gasteiger partial charge in [-0.15, -0.1) is 0 Å². The summed E-state index contributed by atoms with van der Waals surface area (Å²) in [6, 6.07) is 12.7. The quantitative estimate of drug-likeness (QED) is 0.0712. The zero-order valence-corrected chi connectivity index (χ0v) is 31.6. The van der Waals surface area contributed by atoms with Crippen LogP contribution in [0.15, 0.2) is 60.9 Å². The Kier molecular flexibility index (Phi) is 13.9. The van der Waals surface area contributed by atoms with Crippen molar-refractivity contribution in [2.24, 2.45) is 11.8 Å². The predicted molar refractivity (Wildman–Crippen MR) is 201 cm³/mol. The van der Waals surface area contributed by atoms with E-state index in [4.69, 9.17) is 9.47 Å². The van der Waals surface area contributed by atoms with Gasteiger partial charge < -0.3 is 50.9 Å². The van der Waals surface area contributed by atoms with Crippen molar-refractivity contribution in [2.45, 2.75) is 77.9 Å². The number of carboxylic acid groups (broad SMARTS) is 2. The normalized spacial score (nSPS) is 14.8. The number of imidazole rings is 2. The van der Waals surface area contributed by atoms with Gasteiger partial charge in [0, 0.05) is 14.2 Å². The largest absolute Gasteiger partial charge is 0.465 e. The molecule has 0 radical (unpaired) electrons. The van der Waals surface area contributed by atoms with Crippen molar-refractivity contribution in [3.8, 4) is 33.6 Å². The van der Waals surface area contributed by atoms with Gasteiger partial charge >= 0.3 is 12.2 Å². The molecule has 4 aromatic rings. The number of hydrogen-bond acceptors (Lipinski definition) is 8. The van der Waals surface area contributed by atoms with Crippen LogP contribution in [0, 0.1) is 11.8 Å². The van der Waals surface area contributed by atoms with Crippen LogP contribution in [0.25, 0.3) is 33.6 Å². The van der Waals surface area contributed by atoms with Crippen molar-refractivity contribution in [1.82, 2.24) is 41.2 Å². The lowest BCUT2D eigenvalue weighted by molar-refractivity contribution is -0.128. The summed E-state index contributed by atoms with van der Waals surface area (Å²) in [7, 11) is 2.82. The van der Waals surface area contributed by atoms with Crippen LogP contribution >= 0.6 is 0 Å². The van der Waals surface area contributed by atoms with E-state index >= 15 is 0 Å². The molecule has 16 heteroatoms. The summed E-state index contributed by atoms with van der Waals surface area (Å²) in [6.45, 7) is 11.0. The van der Waals surface area contributed by atoms with Gasteiger partial charge in [-0.05, 0) is 47.9 Å². The molecule has 2 aromatic heterocycles. The van der Waals surface area contributed by atoms with Gasteiger partial charge in [0.05, 0.1) is 48.1 Å². The SMILES string of the molecule is CO[C@H](C)[C@H](NC(=O)O)C(=O)N[C@@H](c1ncc(-c2ccc(-c3ccc(-c4cnc([C@H](NC(=O)[C@@H](NC(=O)O)[C@@H](C)OC)C(C)C)[nH]4)cc3)cc2)[nH]1)C(C)C. The number of nitrogens with one attached hydrogen (secondary N) is 6. The number of H-pyrrole nitrogens is 2. The number of hydrogen-bond donors (Lipinski definition) is 8. The number of aromatic nitrogens is 4. The fraction of sp³-hybridized carbons (Fsp3) is 0.421.